The number of piperidine rings is 3. The smallest absolute Gasteiger partial charge is 0.430 e. The number of carbonyl (C=O) groups is 4. The molecule has 0 unspecified atom stereocenters. The van der Waals surface area contributed by atoms with Gasteiger partial charge in [-0.2, -0.15) is 29.0 Å². The Labute approximate surface area is 548 Å². The van der Waals surface area contributed by atoms with Crippen LogP contribution >= 0.6 is 0 Å². The molecule has 3 N–H and O–H groups in total. The molecule has 0 saturated carbocycles. The number of benzene rings is 3. The van der Waals surface area contributed by atoms with Crippen molar-refractivity contribution < 1.29 is 67.8 Å². The van der Waals surface area contributed by atoms with E-state index < -0.39 is 47.6 Å². The van der Waals surface area contributed by atoms with Crippen molar-refractivity contribution in [1.29, 1.82) is 15.8 Å². The highest BCUT2D eigenvalue weighted by atomic mass is 32.2. The lowest BCUT2D eigenvalue weighted by Gasteiger charge is -2.38. The van der Waals surface area contributed by atoms with Crippen molar-refractivity contribution in [1.82, 2.24) is 29.9 Å². The molecule has 6 aliphatic heterocycles. The number of anilines is 3. The standard InChI is InChI=1S/2C21H24N4O3S.C15H17N5.C5H8O4S.C2HF3O2/c2*1-14-6-15(7-18(26)8-16-12-29(27,28)13-16)11-25(10-14)19-3-2-17(9-22)20-21(19)24-5-4-23-20;1-10-6-12(17)9-20(8-10)13-3-2-11(7-16)14-15(13)19-5-4-18-14;6-5(7)1-4-2-10(8,9)3-4;3-2(4,5)1(6)7/h2*2-5,14-16H,6-8,10-13H2,1H3;2-5,10,12H,6,8-9,17H2,1H3;4H,1-3H2,(H,6,7);(H,6,7)/p-1/t2*14-,15-;10-,12+;;/m000../s1. The third-order valence-electron chi connectivity index (χ3n) is 17.1. The first-order valence-electron chi connectivity index (χ1n) is 30.9. The summed E-state index contributed by atoms with van der Waals surface area (Å²) in [5, 5.41) is 44.9. The van der Waals surface area contributed by atoms with E-state index in [2.05, 4.69) is 83.6 Å². The first-order chi connectivity index (χ1) is 44.8. The topological polar surface area (TPSA) is 398 Å². The Bertz CT molecular complexity index is 4120. The van der Waals surface area contributed by atoms with Gasteiger partial charge in [0.15, 0.2) is 29.5 Å². The second-order valence-electron chi connectivity index (χ2n) is 25.8. The minimum atomic E-state index is -5.19. The zero-order valence-electron chi connectivity index (χ0n) is 52.5. The lowest BCUT2D eigenvalue weighted by Crippen LogP contribution is -2.46. The molecule has 6 aromatic rings. The van der Waals surface area contributed by atoms with Crippen molar-refractivity contribution in [2.45, 2.75) is 84.4 Å². The number of alkyl halides is 3. The second kappa shape index (κ2) is 30.9. The Morgan fingerprint density at radius 3 is 1.03 bits per heavy atom. The number of aliphatic carboxylic acids is 2. The Morgan fingerprint density at radius 1 is 0.484 bits per heavy atom. The van der Waals surface area contributed by atoms with E-state index in [9.17, 15) is 63.3 Å². The van der Waals surface area contributed by atoms with E-state index in [-0.39, 0.29) is 88.1 Å². The number of hydrogen-bond donors (Lipinski definition) is 2. The second-order valence-corrected chi connectivity index (χ2v) is 32.3. The number of aromatic nitrogens is 6. The van der Waals surface area contributed by atoms with E-state index in [0.717, 1.165) is 81.1 Å². The van der Waals surface area contributed by atoms with Gasteiger partial charge >= 0.3 is 12.1 Å². The maximum atomic E-state index is 12.5. The third kappa shape index (κ3) is 19.8. The predicted molar refractivity (Wildman–Crippen MR) is 344 cm³/mol. The van der Waals surface area contributed by atoms with Crippen molar-refractivity contribution in [3.63, 3.8) is 0 Å². The number of sulfone groups is 3. The van der Waals surface area contributed by atoms with Crippen LogP contribution in [-0.2, 0) is 48.7 Å². The van der Waals surface area contributed by atoms with Crippen molar-refractivity contribution in [2.75, 3.05) is 88.5 Å². The lowest BCUT2D eigenvalue weighted by atomic mass is 9.85. The van der Waals surface area contributed by atoms with Crippen molar-refractivity contribution >= 4 is 103 Å². The van der Waals surface area contributed by atoms with Crippen molar-refractivity contribution in [2.24, 2.45) is 53.1 Å². The summed E-state index contributed by atoms with van der Waals surface area (Å²) in [4.78, 5) is 76.9. The quantitative estimate of drug-likeness (QED) is 0.150. The summed E-state index contributed by atoms with van der Waals surface area (Å²) in [6.07, 6.45) is 9.24. The number of carboxylic acid groups (broad SMARTS) is 2. The minimum Gasteiger partial charge on any atom is -0.542 e. The van der Waals surface area contributed by atoms with Gasteiger partial charge in [-0.3, -0.25) is 44.3 Å². The number of nitrogens with zero attached hydrogens (tertiary/aromatic N) is 12. The first-order valence-corrected chi connectivity index (χ1v) is 36.3. The highest BCUT2D eigenvalue weighted by Crippen LogP contribution is 2.37. The summed E-state index contributed by atoms with van der Waals surface area (Å²) in [7, 11) is -8.61. The summed E-state index contributed by atoms with van der Waals surface area (Å²) in [6, 6.07) is 17.9. The number of nitrogens with two attached hydrogens (primary N) is 1. The van der Waals surface area contributed by atoms with Crippen LogP contribution in [-0.4, -0.2) is 170 Å². The highest BCUT2D eigenvalue weighted by molar-refractivity contribution is 7.93. The number of halogens is 3. The van der Waals surface area contributed by atoms with Gasteiger partial charge in [-0.1, -0.05) is 20.8 Å². The molecule has 25 nitrogen and oxygen atoms in total. The van der Waals surface area contributed by atoms with Crippen LogP contribution in [0.1, 0.15) is 88.8 Å². The van der Waals surface area contributed by atoms with Crippen LogP contribution in [0.3, 0.4) is 0 Å². The van der Waals surface area contributed by atoms with Gasteiger partial charge in [0.05, 0.1) is 74.7 Å². The molecule has 9 heterocycles. The molecule has 3 aromatic heterocycles. The summed E-state index contributed by atoms with van der Waals surface area (Å²) < 4.78 is 97.8. The number of nitriles is 3. The summed E-state index contributed by atoms with van der Waals surface area (Å²) in [6.45, 7) is 11.6. The normalized spacial score (nSPS) is 22.8. The van der Waals surface area contributed by atoms with Crippen LogP contribution in [0.2, 0.25) is 0 Å². The minimum absolute atomic E-state index is 0.00219. The fourth-order valence-corrected chi connectivity index (χ4v) is 18.2. The SMILES string of the molecule is C[C@H]1C[C@@H](CC(=O)CC2CS(=O)(=O)C2)CN(c2ccc(C#N)c3nccnc23)C1.C[C@H]1C[C@@H](CC(=O)CC2CS(=O)(=O)C2)CN(c2ccc(C#N)c3nccnc23)C1.C[C@H]1C[C@@H](N)CN(c2ccc(C#N)c3nccnc23)C1.O=C(O)CC1CS(=O)(=O)C1.O=C([O-])C(F)(F)F. The van der Waals surface area contributed by atoms with Crippen molar-refractivity contribution in [3.05, 3.63) is 90.3 Å². The molecular weight excluding hydrogens is 1300 g/mol. The molecule has 12 rings (SSSR count). The summed E-state index contributed by atoms with van der Waals surface area (Å²) >= 11 is 0. The average Bonchev–Trinajstić information content (AvgIpc) is 0.805. The monoisotopic (exact) mass is 1370 g/mol. The average molecular weight is 1370 g/mol. The number of Topliss-reactive ketones (excluding diaryl/α,β-unsaturated/α-hetero) is 2. The molecule has 0 radical (unpaired) electrons. The Hall–Kier alpha value is -8.57. The van der Waals surface area contributed by atoms with Gasteiger partial charge in [0.25, 0.3) is 0 Å². The van der Waals surface area contributed by atoms with Gasteiger partial charge in [0.2, 0.25) is 0 Å². The molecular formula is C64H73F3N13O12S3-. The lowest BCUT2D eigenvalue weighted by molar-refractivity contribution is -0.344. The van der Waals surface area contributed by atoms with Gasteiger partial charge in [0.1, 0.15) is 68.8 Å². The first kappa shape index (κ1) is 72.3. The number of ketones is 2. The molecule has 506 valence electrons. The molecule has 3 aromatic carbocycles. The van der Waals surface area contributed by atoms with E-state index in [1.54, 1.807) is 49.3 Å². The van der Waals surface area contributed by atoms with E-state index in [4.69, 9.17) is 26.0 Å². The maximum absolute atomic E-state index is 12.5. The fraction of sp³-hybridized carbons (Fsp3) is 0.516. The number of fused-ring (bicyclic) bond motifs is 3. The van der Waals surface area contributed by atoms with E-state index >= 15 is 0 Å². The van der Waals surface area contributed by atoms with Crippen LogP contribution in [0.15, 0.2) is 73.6 Å². The molecule has 0 spiro atoms. The Balaban J connectivity index is 0.000000164. The van der Waals surface area contributed by atoms with Gasteiger partial charge in [-0.15, -0.1) is 0 Å². The van der Waals surface area contributed by atoms with Gasteiger partial charge in [-0.25, -0.2) is 25.3 Å². The van der Waals surface area contributed by atoms with Crippen LogP contribution in [0.25, 0.3) is 33.1 Å². The molecule has 0 amide bonds. The molecule has 6 saturated heterocycles. The third-order valence-corrected chi connectivity index (χ3v) is 23.0. The van der Waals surface area contributed by atoms with Gasteiger partial charge < -0.3 is 35.4 Å². The Morgan fingerprint density at radius 2 is 0.758 bits per heavy atom. The molecule has 6 atom stereocenters. The highest BCUT2D eigenvalue weighted by Gasteiger charge is 2.38. The fourth-order valence-electron chi connectivity index (χ4n) is 13.5. The van der Waals surface area contributed by atoms with Gasteiger partial charge in [0, 0.05) is 108 Å². The summed E-state index contributed by atoms with van der Waals surface area (Å²) in [5.41, 5.74) is 14.7. The largest absolute Gasteiger partial charge is 0.542 e. The number of hydrogen-bond acceptors (Lipinski definition) is 24. The number of carboxylic acids is 2. The van der Waals surface area contributed by atoms with Crippen LogP contribution in [0.4, 0.5) is 30.2 Å². The zero-order valence-corrected chi connectivity index (χ0v) is 55.0. The van der Waals surface area contributed by atoms with Crippen LogP contribution < -0.4 is 25.5 Å². The molecule has 31 heteroatoms. The number of rotatable bonds is 13. The van der Waals surface area contributed by atoms with Crippen LogP contribution in [0, 0.1) is 81.3 Å². The molecule has 0 aliphatic carbocycles. The van der Waals surface area contributed by atoms with Crippen molar-refractivity contribution in [3.8, 4) is 18.2 Å². The van der Waals surface area contributed by atoms with E-state index in [0.29, 0.717) is 87.7 Å². The Kier molecular flexibility index (Phi) is 23.5. The van der Waals surface area contributed by atoms with E-state index in [1.165, 1.54) is 0 Å². The number of carbonyl (C=O) groups excluding carboxylic acids is 3. The predicted octanol–water partition coefficient (Wildman–Crippen LogP) is 5.19. The zero-order chi connectivity index (χ0) is 69.2. The van der Waals surface area contributed by atoms with Crippen LogP contribution in [0.5, 0.6) is 0 Å². The molecule has 0 bridgehead atoms. The molecule has 95 heavy (non-hydrogen) atoms. The molecule has 6 fully saturated rings. The van der Waals surface area contributed by atoms with Gasteiger partial charge in [-0.05, 0) is 103 Å². The molecule has 6 aliphatic rings. The van der Waals surface area contributed by atoms with E-state index in [1.807, 2.05) is 24.3 Å². The maximum Gasteiger partial charge on any atom is 0.430 e. The summed E-state index contributed by atoms with van der Waals surface area (Å²) in [5.74, 6) is -1.15.